The Morgan fingerprint density at radius 2 is 2.08 bits per heavy atom. The Balaban J connectivity index is 1.71. The highest BCUT2D eigenvalue weighted by Gasteiger charge is 2.13. The Hall–Kier alpha value is -2.96. The first-order chi connectivity index (χ1) is 11.9. The second kappa shape index (κ2) is 5.54. The molecule has 128 valence electrons. The minimum absolute atomic E-state index is 0.172. The second-order valence-corrected chi connectivity index (χ2v) is 7.49. The van der Waals surface area contributed by atoms with Gasteiger partial charge < -0.3 is 10.3 Å². The van der Waals surface area contributed by atoms with Crippen LogP contribution in [-0.4, -0.2) is 36.5 Å². The Morgan fingerprint density at radius 3 is 2.88 bits per heavy atom. The van der Waals surface area contributed by atoms with E-state index < -0.39 is 0 Å². The highest BCUT2D eigenvalue weighted by atomic mass is 15.4. The van der Waals surface area contributed by atoms with Crippen LogP contribution in [0.4, 0.5) is 5.95 Å². The summed E-state index contributed by atoms with van der Waals surface area (Å²) in [4.78, 5) is 12.3. The normalized spacial score (nSPS) is 12.2. The topological polar surface area (TPSA) is 84.3 Å². The van der Waals surface area contributed by atoms with E-state index >= 15 is 0 Å². The molecule has 0 radical (unpaired) electrons. The number of hydrogen-bond acceptors (Lipinski definition) is 5. The lowest BCUT2D eigenvalue weighted by Crippen LogP contribution is -2.20. The van der Waals surface area contributed by atoms with Gasteiger partial charge in [0.25, 0.3) is 0 Å². The molecule has 0 aliphatic rings. The van der Waals surface area contributed by atoms with Crippen molar-refractivity contribution in [3.63, 3.8) is 0 Å². The zero-order valence-corrected chi connectivity index (χ0v) is 14.8. The molecule has 3 aromatic heterocycles. The molecule has 7 nitrogen and oxygen atoms in total. The lowest BCUT2D eigenvalue weighted by molar-refractivity contribution is 0.442. The van der Waals surface area contributed by atoms with Gasteiger partial charge >= 0.3 is 0 Å². The van der Waals surface area contributed by atoms with Crippen LogP contribution in [-0.2, 0) is 7.05 Å². The smallest absolute Gasteiger partial charge is 0.224 e. The second-order valence-electron chi connectivity index (χ2n) is 7.49. The van der Waals surface area contributed by atoms with E-state index in [-0.39, 0.29) is 5.41 Å². The van der Waals surface area contributed by atoms with E-state index in [0.717, 1.165) is 39.7 Å². The van der Waals surface area contributed by atoms with Crippen molar-refractivity contribution in [3.8, 4) is 11.1 Å². The van der Waals surface area contributed by atoms with Crippen LogP contribution in [0, 0.1) is 5.41 Å². The minimum Gasteiger partial charge on any atom is -0.354 e. The third-order valence-electron chi connectivity index (χ3n) is 4.13. The Morgan fingerprint density at radius 1 is 1.24 bits per heavy atom. The molecule has 0 fully saturated rings. The summed E-state index contributed by atoms with van der Waals surface area (Å²) >= 11 is 0. The van der Waals surface area contributed by atoms with Gasteiger partial charge in [0.2, 0.25) is 5.95 Å². The first kappa shape index (κ1) is 15.6. The molecule has 0 aliphatic carbocycles. The van der Waals surface area contributed by atoms with Gasteiger partial charge in [0.1, 0.15) is 11.2 Å². The Bertz CT molecular complexity index is 1050. The maximum Gasteiger partial charge on any atom is 0.224 e. The first-order valence-electron chi connectivity index (χ1n) is 8.28. The summed E-state index contributed by atoms with van der Waals surface area (Å²) in [7, 11) is 1.89. The van der Waals surface area contributed by atoms with Gasteiger partial charge in [-0.05, 0) is 23.1 Å². The average molecular weight is 335 g/mol. The average Bonchev–Trinajstić information content (AvgIpc) is 3.15. The molecule has 0 spiro atoms. The molecule has 2 N–H and O–H groups in total. The van der Waals surface area contributed by atoms with Gasteiger partial charge in [-0.1, -0.05) is 32.1 Å². The van der Waals surface area contributed by atoms with Crippen LogP contribution in [0.1, 0.15) is 20.8 Å². The first-order valence-corrected chi connectivity index (χ1v) is 8.28. The van der Waals surface area contributed by atoms with E-state index in [2.05, 4.69) is 57.4 Å². The molecular formula is C18H21N7. The van der Waals surface area contributed by atoms with Gasteiger partial charge in [0, 0.05) is 36.9 Å². The zero-order valence-electron chi connectivity index (χ0n) is 14.8. The predicted molar refractivity (Wildman–Crippen MR) is 99.3 cm³/mol. The molecule has 7 heteroatoms. The molecule has 0 saturated heterocycles. The number of fused-ring (bicyclic) bond motifs is 2. The third-order valence-corrected chi connectivity index (χ3v) is 4.13. The van der Waals surface area contributed by atoms with Crippen LogP contribution in [0.25, 0.3) is 33.2 Å². The SMILES string of the molecule is Cn1nnc2ccc(-c3c[nH]c4nc(NCC(C)(C)C)ncc34)cc21. The highest BCUT2D eigenvalue weighted by Crippen LogP contribution is 2.29. The molecule has 4 rings (SSSR count). The lowest BCUT2D eigenvalue weighted by Gasteiger charge is -2.18. The van der Waals surface area contributed by atoms with Gasteiger partial charge in [0.15, 0.2) is 0 Å². The standard InChI is InChI=1S/C18H21N7/c1-18(2,3)10-21-17-20-9-13-12(8-19-16(13)22-17)11-5-6-14-15(7-11)25(4)24-23-14/h5-9H,10H2,1-4H3,(H2,19,20,21,22). The maximum atomic E-state index is 4.59. The van der Waals surface area contributed by atoms with Crippen molar-refractivity contribution in [1.29, 1.82) is 0 Å². The number of aromatic nitrogens is 6. The number of nitrogens with zero attached hydrogens (tertiary/aromatic N) is 5. The minimum atomic E-state index is 0.172. The van der Waals surface area contributed by atoms with Crippen molar-refractivity contribution >= 4 is 28.0 Å². The predicted octanol–water partition coefficient (Wildman–Crippen LogP) is 3.36. The van der Waals surface area contributed by atoms with Crippen LogP contribution in [0.3, 0.4) is 0 Å². The van der Waals surface area contributed by atoms with Crippen molar-refractivity contribution in [1.82, 2.24) is 29.9 Å². The van der Waals surface area contributed by atoms with Crippen LogP contribution in [0.15, 0.2) is 30.6 Å². The van der Waals surface area contributed by atoms with E-state index in [0.29, 0.717) is 5.95 Å². The summed E-state index contributed by atoms with van der Waals surface area (Å²) in [5, 5.41) is 12.5. The molecule has 0 unspecified atom stereocenters. The zero-order chi connectivity index (χ0) is 17.6. The van der Waals surface area contributed by atoms with Gasteiger partial charge in [-0.15, -0.1) is 5.10 Å². The number of nitrogens with one attached hydrogen (secondary N) is 2. The van der Waals surface area contributed by atoms with Gasteiger partial charge in [-0.2, -0.15) is 4.98 Å². The molecule has 0 aliphatic heterocycles. The number of benzene rings is 1. The quantitative estimate of drug-likeness (QED) is 0.600. The summed E-state index contributed by atoms with van der Waals surface area (Å²) < 4.78 is 1.78. The van der Waals surface area contributed by atoms with E-state index in [9.17, 15) is 0 Å². The molecule has 1 aromatic carbocycles. The van der Waals surface area contributed by atoms with Gasteiger partial charge in [-0.3, -0.25) is 0 Å². The fourth-order valence-corrected chi connectivity index (χ4v) is 2.77. The van der Waals surface area contributed by atoms with Crippen molar-refractivity contribution in [2.45, 2.75) is 20.8 Å². The lowest BCUT2D eigenvalue weighted by atomic mass is 9.97. The number of hydrogen-bond donors (Lipinski definition) is 2. The van der Waals surface area contributed by atoms with Crippen molar-refractivity contribution in [3.05, 3.63) is 30.6 Å². The number of anilines is 1. The van der Waals surface area contributed by atoms with E-state index in [4.69, 9.17) is 0 Å². The fraction of sp³-hybridized carbons (Fsp3) is 0.333. The molecule has 0 atom stereocenters. The molecule has 25 heavy (non-hydrogen) atoms. The van der Waals surface area contributed by atoms with Crippen LogP contribution in [0.5, 0.6) is 0 Å². The summed E-state index contributed by atoms with van der Waals surface area (Å²) in [6, 6.07) is 6.12. The van der Waals surface area contributed by atoms with E-state index in [1.54, 1.807) is 4.68 Å². The van der Waals surface area contributed by atoms with Crippen molar-refractivity contribution in [2.24, 2.45) is 12.5 Å². The van der Waals surface area contributed by atoms with Crippen LogP contribution < -0.4 is 5.32 Å². The van der Waals surface area contributed by atoms with Crippen LogP contribution in [0.2, 0.25) is 0 Å². The van der Waals surface area contributed by atoms with Gasteiger partial charge in [-0.25, -0.2) is 9.67 Å². The molecule has 0 bridgehead atoms. The summed E-state index contributed by atoms with van der Waals surface area (Å²) in [5.41, 5.74) is 5.03. The number of aryl methyl sites for hydroxylation is 1. The number of H-pyrrole nitrogens is 1. The molecule has 4 aromatic rings. The molecule has 0 saturated carbocycles. The van der Waals surface area contributed by atoms with Crippen LogP contribution >= 0.6 is 0 Å². The van der Waals surface area contributed by atoms with Crippen molar-refractivity contribution in [2.75, 3.05) is 11.9 Å². The largest absolute Gasteiger partial charge is 0.354 e. The summed E-state index contributed by atoms with van der Waals surface area (Å²) in [6.07, 6.45) is 3.84. The number of aromatic amines is 1. The molecule has 0 amide bonds. The third kappa shape index (κ3) is 2.93. The highest BCUT2D eigenvalue weighted by molar-refractivity contribution is 5.95. The van der Waals surface area contributed by atoms with E-state index in [1.165, 1.54) is 0 Å². The molecular weight excluding hydrogens is 314 g/mol. The van der Waals surface area contributed by atoms with E-state index in [1.807, 2.05) is 31.6 Å². The maximum absolute atomic E-state index is 4.59. The fourth-order valence-electron chi connectivity index (χ4n) is 2.77. The Kier molecular flexibility index (Phi) is 3.45. The molecule has 3 heterocycles. The number of rotatable bonds is 3. The monoisotopic (exact) mass is 335 g/mol. The summed E-state index contributed by atoms with van der Waals surface area (Å²) in [5.74, 6) is 0.641. The van der Waals surface area contributed by atoms with Crippen molar-refractivity contribution < 1.29 is 0 Å². The summed E-state index contributed by atoms with van der Waals surface area (Å²) in [6.45, 7) is 7.34. The van der Waals surface area contributed by atoms with Gasteiger partial charge in [0.05, 0.1) is 5.52 Å². The Labute approximate surface area is 145 Å².